The fourth-order valence-corrected chi connectivity index (χ4v) is 2.12. The number of halogens is 1. The van der Waals surface area contributed by atoms with Crippen molar-refractivity contribution in [3.05, 3.63) is 34.3 Å². The first kappa shape index (κ1) is 12.3. The van der Waals surface area contributed by atoms with Gasteiger partial charge in [0.15, 0.2) is 0 Å². The summed E-state index contributed by atoms with van der Waals surface area (Å²) in [5.41, 5.74) is 0.940. The zero-order chi connectivity index (χ0) is 11.5. The highest BCUT2D eigenvalue weighted by Gasteiger charge is 2.18. The van der Waals surface area contributed by atoms with E-state index >= 15 is 0 Å². The van der Waals surface area contributed by atoms with Gasteiger partial charge in [-0.15, -0.1) is 6.42 Å². The molecular weight excluding hydrogens is 250 g/mol. The van der Waals surface area contributed by atoms with Crippen molar-refractivity contribution < 1.29 is 0 Å². The van der Waals surface area contributed by atoms with E-state index in [1.54, 1.807) is 0 Å². The van der Waals surface area contributed by atoms with Crippen LogP contribution in [0.1, 0.15) is 32.4 Å². The second-order valence-electron chi connectivity index (χ2n) is 4.16. The van der Waals surface area contributed by atoms with E-state index in [1.807, 2.05) is 32.0 Å². The summed E-state index contributed by atoms with van der Waals surface area (Å²) in [5, 5.41) is 3.40. The molecule has 0 saturated heterocycles. The quantitative estimate of drug-likeness (QED) is 0.825. The van der Waals surface area contributed by atoms with E-state index in [1.165, 1.54) is 5.56 Å². The van der Waals surface area contributed by atoms with Crippen LogP contribution in [-0.2, 0) is 0 Å². The van der Waals surface area contributed by atoms with Crippen molar-refractivity contribution in [1.29, 1.82) is 0 Å². The molecule has 80 valence electrons. The van der Waals surface area contributed by atoms with E-state index in [4.69, 9.17) is 6.42 Å². The number of nitrogens with one attached hydrogen (secondary N) is 1. The van der Waals surface area contributed by atoms with E-state index in [0.717, 1.165) is 4.47 Å². The van der Waals surface area contributed by atoms with Crippen LogP contribution in [0.5, 0.6) is 0 Å². The van der Waals surface area contributed by atoms with Crippen LogP contribution in [0.3, 0.4) is 0 Å². The highest BCUT2D eigenvalue weighted by atomic mass is 79.9. The Morgan fingerprint density at radius 1 is 1.40 bits per heavy atom. The van der Waals surface area contributed by atoms with Crippen molar-refractivity contribution in [2.24, 2.45) is 0 Å². The Morgan fingerprint density at radius 3 is 2.53 bits per heavy atom. The van der Waals surface area contributed by atoms with Gasteiger partial charge in [-0.25, -0.2) is 0 Å². The molecule has 0 aliphatic rings. The monoisotopic (exact) mass is 265 g/mol. The molecular formula is C13H16BrN. The Balaban J connectivity index is 2.83. The largest absolute Gasteiger partial charge is 0.295 e. The highest BCUT2D eigenvalue weighted by Crippen LogP contribution is 2.24. The molecule has 1 atom stereocenters. The summed E-state index contributed by atoms with van der Waals surface area (Å²) >= 11 is 3.53. The molecule has 15 heavy (non-hydrogen) atoms. The Labute approximate surface area is 100 Å². The van der Waals surface area contributed by atoms with Crippen molar-refractivity contribution in [3.63, 3.8) is 0 Å². The van der Waals surface area contributed by atoms with Gasteiger partial charge >= 0.3 is 0 Å². The summed E-state index contributed by atoms with van der Waals surface area (Å²) < 4.78 is 1.11. The lowest BCUT2D eigenvalue weighted by Crippen LogP contribution is -2.39. The number of terminal acetylenes is 1. The topological polar surface area (TPSA) is 12.0 Å². The van der Waals surface area contributed by atoms with Gasteiger partial charge in [-0.1, -0.05) is 40.0 Å². The fourth-order valence-electron chi connectivity index (χ4n) is 1.49. The van der Waals surface area contributed by atoms with Gasteiger partial charge in [-0.05, 0) is 32.4 Å². The molecule has 1 rings (SSSR count). The van der Waals surface area contributed by atoms with Crippen molar-refractivity contribution in [3.8, 4) is 12.3 Å². The molecule has 1 aromatic rings. The second kappa shape index (κ2) is 4.83. The summed E-state index contributed by atoms with van der Waals surface area (Å²) in [6.45, 7) is 6.11. The minimum absolute atomic E-state index is 0.228. The van der Waals surface area contributed by atoms with Crippen LogP contribution >= 0.6 is 15.9 Å². The van der Waals surface area contributed by atoms with Crippen molar-refractivity contribution in [2.45, 2.75) is 32.4 Å². The van der Waals surface area contributed by atoms with Crippen molar-refractivity contribution in [2.75, 3.05) is 0 Å². The third kappa shape index (κ3) is 3.37. The predicted octanol–water partition coefficient (Wildman–Crippen LogP) is 3.51. The molecule has 0 aromatic heterocycles. The van der Waals surface area contributed by atoms with Crippen LogP contribution < -0.4 is 5.32 Å². The first-order chi connectivity index (χ1) is 6.96. The molecule has 0 fully saturated rings. The second-order valence-corrected chi connectivity index (χ2v) is 5.01. The number of rotatable bonds is 3. The molecule has 1 N–H and O–H groups in total. The molecule has 1 nitrogen and oxygen atoms in total. The molecule has 0 heterocycles. The van der Waals surface area contributed by atoms with Gasteiger partial charge in [0, 0.05) is 10.5 Å². The molecule has 2 heteroatoms. The summed E-state index contributed by atoms with van der Waals surface area (Å²) in [6, 6.07) is 8.39. The average Bonchev–Trinajstić information content (AvgIpc) is 2.17. The molecule has 1 unspecified atom stereocenters. The molecule has 1 aromatic carbocycles. The van der Waals surface area contributed by atoms with Crippen LogP contribution in [0.2, 0.25) is 0 Å². The lowest BCUT2D eigenvalue weighted by Gasteiger charge is -2.26. The Morgan fingerprint density at radius 2 is 2.00 bits per heavy atom. The van der Waals surface area contributed by atoms with Gasteiger partial charge in [0.05, 0.1) is 5.54 Å². The zero-order valence-electron chi connectivity index (χ0n) is 9.34. The number of benzene rings is 1. The summed E-state index contributed by atoms with van der Waals surface area (Å²) in [4.78, 5) is 0. The Hall–Kier alpha value is -0.780. The Kier molecular flexibility index (Phi) is 3.96. The first-order valence-corrected chi connectivity index (χ1v) is 5.75. The predicted molar refractivity (Wildman–Crippen MR) is 68.6 cm³/mol. The number of hydrogen-bond donors (Lipinski definition) is 1. The van der Waals surface area contributed by atoms with E-state index < -0.39 is 0 Å². The smallest absolute Gasteiger partial charge is 0.0745 e. The van der Waals surface area contributed by atoms with Crippen molar-refractivity contribution in [1.82, 2.24) is 5.32 Å². The minimum atomic E-state index is -0.283. The lowest BCUT2D eigenvalue weighted by molar-refractivity contribution is 0.431. The van der Waals surface area contributed by atoms with Crippen LogP contribution in [0, 0.1) is 12.3 Å². The van der Waals surface area contributed by atoms with E-state index in [9.17, 15) is 0 Å². The molecule has 0 bridgehead atoms. The first-order valence-electron chi connectivity index (χ1n) is 4.96. The van der Waals surface area contributed by atoms with Crippen LogP contribution in [0.15, 0.2) is 28.7 Å². The van der Waals surface area contributed by atoms with Crippen LogP contribution in [-0.4, -0.2) is 5.54 Å². The minimum Gasteiger partial charge on any atom is -0.295 e. The fraction of sp³-hybridized carbons (Fsp3) is 0.385. The van der Waals surface area contributed by atoms with E-state index in [0.29, 0.717) is 0 Å². The Bertz CT molecular complexity index is 376. The maximum absolute atomic E-state index is 5.45. The van der Waals surface area contributed by atoms with Crippen LogP contribution in [0.4, 0.5) is 0 Å². The number of hydrogen-bond acceptors (Lipinski definition) is 1. The van der Waals surface area contributed by atoms with Gasteiger partial charge in [0.2, 0.25) is 0 Å². The van der Waals surface area contributed by atoms with Gasteiger partial charge in [-0.3, -0.25) is 5.32 Å². The molecule has 0 saturated carbocycles. The van der Waals surface area contributed by atoms with Gasteiger partial charge in [0.1, 0.15) is 0 Å². The third-order valence-electron chi connectivity index (χ3n) is 2.31. The lowest BCUT2D eigenvalue weighted by atomic mass is 10.0. The normalized spacial score (nSPS) is 13.3. The standard InChI is InChI=1S/C13H16BrN/c1-5-13(3,4)15-10(2)11-8-6-7-9-12(11)14/h1,6-10,15H,2-4H3. The van der Waals surface area contributed by atoms with Gasteiger partial charge in [0.25, 0.3) is 0 Å². The molecule has 0 radical (unpaired) electrons. The SMILES string of the molecule is C#CC(C)(C)NC(C)c1ccccc1Br. The van der Waals surface area contributed by atoms with E-state index in [-0.39, 0.29) is 11.6 Å². The van der Waals surface area contributed by atoms with E-state index in [2.05, 4.69) is 40.2 Å². The molecule has 0 amide bonds. The van der Waals surface area contributed by atoms with Crippen LogP contribution in [0.25, 0.3) is 0 Å². The van der Waals surface area contributed by atoms with Gasteiger partial charge < -0.3 is 0 Å². The molecule has 0 aliphatic heterocycles. The summed E-state index contributed by atoms with van der Waals surface area (Å²) in [5.74, 6) is 2.74. The highest BCUT2D eigenvalue weighted by molar-refractivity contribution is 9.10. The summed E-state index contributed by atoms with van der Waals surface area (Å²) in [6.07, 6.45) is 5.45. The maximum Gasteiger partial charge on any atom is 0.0745 e. The summed E-state index contributed by atoms with van der Waals surface area (Å²) in [7, 11) is 0. The average molecular weight is 266 g/mol. The maximum atomic E-state index is 5.45. The molecule has 0 spiro atoms. The molecule has 0 aliphatic carbocycles. The zero-order valence-corrected chi connectivity index (χ0v) is 10.9. The third-order valence-corrected chi connectivity index (χ3v) is 3.03. The van der Waals surface area contributed by atoms with Crippen molar-refractivity contribution >= 4 is 15.9 Å². The van der Waals surface area contributed by atoms with Gasteiger partial charge in [-0.2, -0.15) is 0 Å².